The van der Waals surface area contributed by atoms with Gasteiger partial charge in [-0.3, -0.25) is 0 Å². The molecule has 0 aliphatic carbocycles. The summed E-state index contributed by atoms with van der Waals surface area (Å²) in [6, 6.07) is 5.36. The van der Waals surface area contributed by atoms with Gasteiger partial charge in [0.2, 0.25) is 0 Å². The highest BCUT2D eigenvalue weighted by molar-refractivity contribution is 7.12. The first-order valence-electron chi connectivity index (χ1n) is 6.14. The number of hydrogen-bond donors (Lipinski definition) is 1. The SMILES string of the molecule is COc1cc(Cl)c(C(O)c2cc(C)c(C)s2)cc1OC. The Bertz CT molecular complexity index is 602. The van der Waals surface area contributed by atoms with Crippen molar-refractivity contribution in [2.24, 2.45) is 0 Å². The van der Waals surface area contributed by atoms with Crippen molar-refractivity contribution in [3.63, 3.8) is 0 Å². The van der Waals surface area contributed by atoms with E-state index in [0.717, 1.165) is 4.88 Å². The van der Waals surface area contributed by atoms with E-state index in [-0.39, 0.29) is 0 Å². The number of halogens is 1. The minimum absolute atomic E-state index is 0.457. The third-order valence-corrected chi connectivity index (χ3v) is 4.78. The molecule has 20 heavy (non-hydrogen) atoms. The molecule has 0 saturated heterocycles. The van der Waals surface area contributed by atoms with Crippen molar-refractivity contribution in [3.05, 3.63) is 44.1 Å². The highest BCUT2D eigenvalue weighted by atomic mass is 35.5. The van der Waals surface area contributed by atoms with Crippen molar-refractivity contribution in [2.75, 3.05) is 14.2 Å². The van der Waals surface area contributed by atoms with E-state index in [0.29, 0.717) is 22.1 Å². The Labute approximate surface area is 127 Å². The molecule has 1 atom stereocenters. The average molecular weight is 313 g/mol. The fraction of sp³-hybridized carbons (Fsp3) is 0.333. The summed E-state index contributed by atoms with van der Waals surface area (Å²) in [6.07, 6.45) is -0.764. The van der Waals surface area contributed by atoms with Gasteiger partial charge in [-0.2, -0.15) is 0 Å². The number of benzene rings is 1. The van der Waals surface area contributed by atoms with E-state index >= 15 is 0 Å². The summed E-state index contributed by atoms with van der Waals surface area (Å²) in [4.78, 5) is 2.06. The molecule has 1 N–H and O–H groups in total. The minimum atomic E-state index is -0.764. The molecule has 0 radical (unpaired) electrons. The van der Waals surface area contributed by atoms with Crippen LogP contribution in [0, 0.1) is 13.8 Å². The molecule has 2 rings (SSSR count). The van der Waals surface area contributed by atoms with E-state index in [2.05, 4.69) is 0 Å². The van der Waals surface area contributed by atoms with Crippen LogP contribution in [0.5, 0.6) is 11.5 Å². The van der Waals surface area contributed by atoms with Crippen molar-refractivity contribution in [1.29, 1.82) is 0 Å². The van der Waals surface area contributed by atoms with Crippen LogP contribution in [0.3, 0.4) is 0 Å². The molecular weight excluding hydrogens is 296 g/mol. The lowest BCUT2D eigenvalue weighted by Gasteiger charge is -2.15. The van der Waals surface area contributed by atoms with Crippen LogP contribution in [-0.2, 0) is 0 Å². The Morgan fingerprint density at radius 1 is 1.10 bits per heavy atom. The summed E-state index contributed by atoms with van der Waals surface area (Å²) in [7, 11) is 3.11. The van der Waals surface area contributed by atoms with Gasteiger partial charge in [0.25, 0.3) is 0 Å². The Kier molecular flexibility index (Phi) is 4.58. The fourth-order valence-corrected chi connectivity index (χ4v) is 3.27. The Morgan fingerprint density at radius 3 is 2.20 bits per heavy atom. The van der Waals surface area contributed by atoms with Gasteiger partial charge < -0.3 is 14.6 Å². The molecule has 108 valence electrons. The molecule has 0 saturated carbocycles. The Morgan fingerprint density at radius 2 is 1.70 bits per heavy atom. The first-order chi connectivity index (χ1) is 9.47. The standard InChI is InChI=1S/C15H17ClO3S/c1-8-5-14(20-9(8)2)15(17)10-6-12(18-3)13(19-4)7-11(10)16/h5-7,15,17H,1-4H3. The summed E-state index contributed by atoms with van der Waals surface area (Å²) in [5, 5.41) is 11.0. The third kappa shape index (κ3) is 2.77. The molecule has 1 heterocycles. The van der Waals surface area contributed by atoms with Crippen molar-refractivity contribution in [1.82, 2.24) is 0 Å². The zero-order chi connectivity index (χ0) is 14.9. The molecule has 3 nitrogen and oxygen atoms in total. The van der Waals surface area contributed by atoms with Crippen molar-refractivity contribution < 1.29 is 14.6 Å². The van der Waals surface area contributed by atoms with Crippen LogP contribution >= 0.6 is 22.9 Å². The van der Waals surface area contributed by atoms with E-state index in [4.69, 9.17) is 21.1 Å². The maximum atomic E-state index is 10.5. The van der Waals surface area contributed by atoms with Crippen molar-refractivity contribution >= 4 is 22.9 Å². The van der Waals surface area contributed by atoms with Gasteiger partial charge in [0.05, 0.1) is 19.2 Å². The molecule has 5 heteroatoms. The first kappa shape index (κ1) is 15.2. The molecule has 1 aromatic carbocycles. The number of hydrogen-bond acceptors (Lipinski definition) is 4. The van der Waals surface area contributed by atoms with Crippen LogP contribution in [0.15, 0.2) is 18.2 Å². The van der Waals surface area contributed by atoms with Crippen LogP contribution in [0.2, 0.25) is 5.02 Å². The predicted molar refractivity (Wildman–Crippen MR) is 82.4 cm³/mol. The lowest BCUT2D eigenvalue weighted by molar-refractivity contribution is 0.223. The van der Waals surface area contributed by atoms with Crippen LogP contribution < -0.4 is 9.47 Å². The second kappa shape index (κ2) is 6.04. The summed E-state index contributed by atoms with van der Waals surface area (Å²) in [6.45, 7) is 4.06. The fourth-order valence-electron chi connectivity index (χ4n) is 1.97. The largest absolute Gasteiger partial charge is 0.493 e. The average Bonchev–Trinajstić information content (AvgIpc) is 2.77. The van der Waals surface area contributed by atoms with Crippen LogP contribution in [0.25, 0.3) is 0 Å². The Balaban J connectivity index is 2.46. The van der Waals surface area contributed by atoms with E-state index in [9.17, 15) is 5.11 Å². The van der Waals surface area contributed by atoms with Crippen molar-refractivity contribution in [3.8, 4) is 11.5 Å². The van der Waals surface area contributed by atoms with E-state index in [1.165, 1.54) is 10.4 Å². The monoisotopic (exact) mass is 312 g/mol. The summed E-state index contributed by atoms with van der Waals surface area (Å²) in [5.41, 5.74) is 1.78. The topological polar surface area (TPSA) is 38.7 Å². The second-order valence-electron chi connectivity index (χ2n) is 4.52. The summed E-state index contributed by atoms with van der Waals surface area (Å²) in [5.74, 6) is 1.10. The quantitative estimate of drug-likeness (QED) is 0.923. The number of methoxy groups -OCH3 is 2. The van der Waals surface area contributed by atoms with Gasteiger partial charge >= 0.3 is 0 Å². The third-order valence-electron chi connectivity index (χ3n) is 3.25. The van der Waals surface area contributed by atoms with E-state index in [1.807, 2.05) is 19.9 Å². The smallest absolute Gasteiger partial charge is 0.162 e. The van der Waals surface area contributed by atoms with Gasteiger partial charge in [-0.1, -0.05) is 11.6 Å². The molecule has 0 aliphatic heterocycles. The predicted octanol–water partition coefficient (Wildman–Crippen LogP) is 4.12. The Hall–Kier alpha value is -1.23. The summed E-state index contributed by atoms with van der Waals surface area (Å²) < 4.78 is 10.4. The van der Waals surface area contributed by atoms with E-state index in [1.54, 1.807) is 37.7 Å². The maximum Gasteiger partial charge on any atom is 0.162 e. The highest BCUT2D eigenvalue weighted by Crippen LogP contribution is 2.39. The molecule has 0 spiro atoms. The van der Waals surface area contributed by atoms with Crippen LogP contribution in [0.4, 0.5) is 0 Å². The summed E-state index contributed by atoms with van der Waals surface area (Å²) >= 11 is 7.81. The van der Waals surface area contributed by atoms with E-state index < -0.39 is 6.10 Å². The van der Waals surface area contributed by atoms with Gasteiger partial charge in [0.15, 0.2) is 11.5 Å². The van der Waals surface area contributed by atoms with Crippen molar-refractivity contribution in [2.45, 2.75) is 20.0 Å². The highest BCUT2D eigenvalue weighted by Gasteiger charge is 2.20. The number of aliphatic hydroxyl groups is 1. The maximum absolute atomic E-state index is 10.5. The van der Waals surface area contributed by atoms with Gasteiger partial charge in [0.1, 0.15) is 6.10 Å². The van der Waals surface area contributed by atoms with Gasteiger partial charge in [-0.05, 0) is 31.5 Å². The molecular formula is C15H17ClO3S. The normalized spacial score (nSPS) is 12.3. The van der Waals surface area contributed by atoms with Crippen LogP contribution in [0.1, 0.15) is 27.0 Å². The lowest BCUT2D eigenvalue weighted by Crippen LogP contribution is -2.00. The lowest BCUT2D eigenvalue weighted by atomic mass is 10.1. The van der Waals surface area contributed by atoms with Gasteiger partial charge in [-0.15, -0.1) is 11.3 Å². The molecule has 0 amide bonds. The molecule has 0 bridgehead atoms. The molecule has 0 aliphatic rings. The number of aliphatic hydroxyl groups excluding tert-OH is 1. The van der Waals surface area contributed by atoms with Crippen LogP contribution in [-0.4, -0.2) is 19.3 Å². The van der Waals surface area contributed by atoms with Gasteiger partial charge in [-0.25, -0.2) is 0 Å². The second-order valence-corrected chi connectivity index (χ2v) is 6.21. The number of thiophene rings is 1. The molecule has 1 unspecified atom stereocenters. The zero-order valence-corrected chi connectivity index (χ0v) is 13.4. The number of ether oxygens (including phenoxy) is 2. The number of aryl methyl sites for hydroxylation is 2. The molecule has 1 aromatic heterocycles. The molecule has 2 aromatic rings. The first-order valence-corrected chi connectivity index (χ1v) is 7.33. The van der Waals surface area contributed by atoms with Gasteiger partial charge in [0, 0.05) is 21.4 Å². The number of rotatable bonds is 4. The zero-order valence-electron chi connectivity index (χ0n) is 11.9. The minimum Gasteiger partial charge on any atom is -0.493 e. The molecule has 0 fully saturated rings.